The van der Waals surface area contributed by atoms with Crippen LogP contribution in [0.25, 0.3) is 0 Å². The van der Waals surface area contributed by atoms with Gasteiger partial charge in [-0.05, 0) is 38.5 Å². The maximum Gasteiger partial charge on any atom is 0.264 e. The van der Waals surface area contributed by atoms with Crippen LogP contribution in [0.15, 0.2) is 28.8 Å². The van der Waals surface area contributed by atoms with Gasteiger partial charge in [0, 0.05) is 6.61 Å². The number of aliphatic hydroxyl groups is 1. The first-order valence-electron chi connectivity index (χ1n) is 6.95. The first-order chi connectivity index (χ1) is 10.1. The molecule has 0 aliphatic rings. The maximum absolute atomic E-state index is 9.54. The van der Waals surface area contributed by atoms with Crippen molar-refractivity contribution in [1.29, 1.82) is 0 Å². The number of hydrogen-bond donors (Lipinski definition) is 1. The Balaban J connectivity index is 1.95. The predicted octanol–water partition coefficient (Wildman–Crippen LogP) is 2.80. The molecule has 6 nitrogen and oxygen atoms in total. The van der Waals surface area contributed by atoms with E-state index in [1.165, 1.54) is 0 Å². The molecule has 0 saturated carbocycles. The first-order valence-corrected chi connectivity index (χ1v) is 6.95. The van der Waals surface area contributed by atoms with Gasteiger partial charge in [0.05, 0.1) is 6.10 Å². The second kappa shape index (κ2) is 7.19. The summed E-state index contributed by atoms with van der Waals surface area (Å²) >= 11 is 0. The van der Waals surface area contributed by atoms with E-state index in [9.17, 15) is 5.11 Å². The molecule has 1 heterocycles. The van der Waals surface area contributed by atoms with Crippen LogP contribution in [-0.4, -0.2) is 21.9 Å². The molecular weight excluding hydrogens is 272 g/mol. The molecule has 0 saturated heterocycles. The van der Waals surface area contributed by atoms with Crippen LogP contribution in [0.3, 0.4) is 0 Å². The van der Waals surface area contributed by atoms with Crippen molar-refractivity contribution >= 4 is 0 Å². The Morgan fingerprint density at radius 1 is 1.33 bits per heavy atom. The average molecular weight is 292 g/mol. The van der Waals surface area contributed by atoms with E-state index in [2.05, 4.69) is 10.1 Å². The minimum absolute atomic E-state index is 0.176. The van der Waals surface area contributed by atoms with Crippen LogP contribution in [0.5, 0.6) is 5.75 Å². The molecule has 0 fully saturated rings. The lowest BCUT2D eigenvalue weighted by molar-refractivity contribution is 0.0683. The smallest absolute Gasteiger partial charge is 0.264 e. The summed E-state index contributed by atoms with van der Waals surface area (Å²) in [5.74, 6) is 1.54. The zero-order valence-electron chi connectivity index (χ0n) is 12.4. The second-order valence-corrected chi connectivity index (χ2v) is 4.68. The van der Waals surface area contributed by atoms with Crippen molar-refractivity contribution in [3.8, 4) is 5.75 Å². The Kier molecular flexibility index (Phi) is 5.30. The molecule has 114 valence electrons. The number of rotatable bonds is 7. The Morgan fingerprint density at radius 2 is 2.14 bits per heavy atom. The van der Waals surface area contributed by atoms with Gasteiger partial charge in [0.2, 0.25) is 0 Å². The molecule has 0 aliphatic carbocycles. The van der Waals surface area contributed by atoms with Crippen LogP contribution in [0.1, 0.15) is 50.3 Å². The van der Waals surface area contributed by atoms with Gasteiger partial charge in [0.25, 0.3) is 5.89 Å². The van der Waals surface area contributed by atoms with Gasteiger partial charge in [0.1, 0.15) is 11.9 Å². The number of benzene rings is 1. The van der Waals surface area contributed by atoms with E-state index >= 15 is 0 Å². The molecule has 1 aromatic heterocycles. The summed E-state index contributed by atoms with van der Waals surface area (Å²) in [4.78, 5) is 4.22. The van der Waals surface area contributed by atoms with Gasteiger partial charge in [-0.25, -0.2) is 0 Å². The molecule has 6 heteroatoms. The zero-order chi connectivity index (χ0) is 15.2. The van der Waals surface area contributed by atoms with Crippen molar-refractivity contribution in [2.45, 2.75) is 39.6 Å². The fraction of sp³-hybridized carbons (Fsp3) is 0.467. The molecule has 1 N–H and O–H groups in total. The number of ether oxygens (including phenoxy) is 2. The molecule has 2 atom stereocenters. The highest BCUT2D eigenvalue weighted by Crippen LogP contribution is 2.20. The van der Waals surface area contributed by atoms with Gasteiger partial charge in [-0.15, -0.1) is 0 Å². The second-order valence-electron chi connectivity index (χ2n) is 4.68. The van der Waals surface area contributed by atoms with Crippen molar-refractivity contribution in [2.24, 2.45) is 0 Å². The minimum atomic E-state index is -0.532. The quantitative estimate of drug-likeness (QED) is 0.845. The number of aromatic nitrogens is 2. The van der Waals surface area contributed by atoms with Crippen molar-refractivity contribution in [1.82, 2.24) is 10.1 Å². The Bertz CT molecular complexity index is 568. The van der Waals surface area contributed by atoms with Crippen LogP contribution in [0, 0.1) is 0 Å². The summed E-state index contributed by atoms with van der Waals surface area (Å²) in [6.07, 6.45) is -0.735. The summed E-state index contributed by atoms with van der Waals surface area (Å²) in [7, 11) is 0. The fourth-order valence-electron chi connectivity index (χ4n) is 1.83. The van der Waals surface area contributed by atoms with Crippen molar-refractivity contribution in [3.63, 3.8) is 0 Å². The molecular formula is C15H20N2O4. The van der Waals surface area contributed by atoms with Gasteiger partial charge < -0.3 is 19.1 Å². The predicted molar refractivity (Wildman–Crippen MR) is 75.7 cm³/mol. The van der Waals surface area contributed by atoms with Crippen molar-refractivity contribution < 1.29 is 19.1 Å². The summed E-state index contributed by atoms with van der Waals surface area (Å²) in [6, 6.07) is 7.26. The van der Waals surface area contributed by atoms with E-state index in [0.29, 0.717) is 24.1 Å². The lowest BCUT2D eigenvalue weighted by Gasteiger charge is -2.08. The highest BCUT2D eigenvalue weighted by atomic mass is 16.5. The molecule has 0 bridgehead atoms. The van der Waals surface area contributed by atoms with E-state index < -0.39 is 6.10 Å². The van der Waals surface area contributed by atoms with E-state index in [1.54, 1.807) is 13.0 Å². The largest absolute Gasteiger partial charge is 0.484 e. The molecule has 21 heavy (non-hydrogen) atoms. The minimum Gasteiger partial charge on any atom is -0.484 e. The first kappa shape index (κ1) is 15.5. The van der Waals surface area contributed by atoms with Gasteiger partial charge in [-0.2, -0.15) is 4.98 Å². The summed E-state index contributed by atoms with van der Waals surface area (Å²) in [5, 5.41) is 13.4. The summed E-state index contributed by atoms with van der Waals surface area (Å²) < 4.78 is 16.1. The zero-order valence-corrected chi connectivity index (χ0v) is 12.4. The Labute approximate surface area is 123 Å². The van der Waals surface area contributed by atoms with E-state index in [0.717, 1.165) is 5.56 Å². The van der Waals surface area contributed by atoms with Crippen LogP contribution in [0.4, 0.5) is 0 Å². The topological polar surface area (TPSA) is 77.6 Å². The molecule has 0 amide bonds. The number of nitrogens with zero attached hydrogens (tertiary/aromatic N) is 2. The van der Waals surface area contributed by atoms with Crippen LogP contribution in [-0.2, 0) is 11.3 Å². The van der Waals surface area contributed by atoms with E-state index in [-0.39, 0.29) is 12.7 Å². The Morgan fingerprint density at radius 3 is 2.86 bits per heavy atom. The SMILES string of the molecule is CCO[C@@H](C)c1noc(COc2cccc([C@@H](C)O)c2)n1. The number of hydrogen-bond acceptors (Lipinski definition) is 6. The summed E-state index contributed by atoms with van der Waals surface area (Å²) in [6.45, 7) is 6.25. The number of aliphatic hydroxyl groups excluding tert-OH is 1. The van der Waals surface area contributed by atoms with Crippen molar-refractivity contribution in [2.75, 3.05) is 6.61 Å². The third kappa shape index (κ3) is 4.27. The third-order valence-corrected chi connectivity index (χ3v) is 2.97. The highest BCUT2D eigenvalue weighted by molar-refractivity contribution is 5.29. The molecule has 0 unspecified atom stereocenters. The Hall–Kier alpha value is -1.92. The van der Waals surface area contributed by atoms with Crippen LogP contribution in [0.2, 0.25) is 0 Å². The van der Waals surface area contributed by atoms with E-state index in [1.807, 2.05) is 32.0 Å². The van der Waals surface area contributed by atoms with E-state index in [4.69, 9.17) is 14.0 Å². The van der Waals surface area contributed by atoms with Gasteiger partial charge >= 0.3 is 0 Å². The van der Waals surface area contributed by atoms with Crippen LogP contribution < -0.4 is 4.74 Å². The van der Waals surface area contributed by atoms with Crippen LogP contribution >= 0.6 is 0 Å². The lowest BCUT2D eigenvalue weighted by atomic mass is 10.1. The monoisotopic (exact) mass is 292 g/mol. The van der Waals surface area contributed by atoms with Gasteiger partial charge in [-0.3, -0.25) is 0 Å². The molecule has 0 spiro atoms. The summed E-state index contributed by atoms with van der Waals surface area (Å²) in [5.41, 5.74) is 0.795. The maximum atomic E-state index is 9.54. The fourth-order valence-corrected chi connectivity index (χ4v) is 1.83. The normalized spacial score (nSPS) is 13.9. The van der Waals surface area contributed by atoms with Gasteiger partial charge in [0.15, 0.2) is 12.4 Å². The van der Waals surface area contributed by atoms with Gasteiger partial charge in [-0.1, -0.05) is 17.3 Å². The standard InChI is InChI=1S/C15H20N2O4/c1-4-19-11(3)15-16-14(21-17-15)9-20-13-7-5-6-12(8-13)10(2)18/h5-8,10-11,18H,4,9H2,1-3H3/t10-,11+/m1/s1. The molecule has 0 aliphatic heterocycles. The average Bonchev–Trinajstić information content (AvgIpc) is 2.95. The molecule has 2 rings (SSSR count). The van der Waals surface area contributed by atoms with Crippen molar-refractivity contribution in [3.05, 3.63) is 41.5 Å². The molecule has 1 aromatic carbocycles. The highest BCUT2D eigenvalue weighted by Gasteiger charge is 2.14. The molecule has 2 aromatic rings. The lowest BCUT2D eigenvalue weighted by Crippen LogP contribution is -2.02. The third-order valence-electron chi connectivity index (χ3n) is 2.97. The molecule has 0 radical (unpaired) electrons.